The number of hydrazine groups is 1. The first-order valence-corrected chi connectivity index (χ1v) is 7.57. The molecule has 2 N–H and O–H groups in total. The van der Waals surface area contributed by atoms with Crippen molar-refractivity contribution in [3.05, 3.63) is 17.7 Å². The van der Waals surface area contributed by atoms with E-state index in [1.165, 1.54) is 21.3 Å². The monoisotopic (exact) mass is 324 g/mol. The Balaban J connectivity index is 1.98. The molecule has 0 aliphatic carbocycles. The Bertz CT molecular complexity index is 524. The molecular weight excluding hydrogens is 300 g/mol. The van der Waals surface area contributed by atoms with Crippen molar-refractivity contribution in [2.75, 3.05) is 27.9 Å². The standard InChI is InChI=1S/C16H24N2O5/c1-10-5-6-12(23-10)9-17-18-16(19)11-7-13(20-2)15(22-4)14(8-11)21-3/h7-8,10,12,17H,5-6,9H2,1-4H3,(H,18,19). The van der Waals surface area contributed by atoms with Crippen LogP contribution >= 0.6 is 0 Å². The highest BCUT2D eigenvalue weighted by molar-refractivity contribution is 5.95. The summed E-state index contributed by atoms with van der Waals surface area (Å²) in [5, 5.41) is 0. The lowest BCUT2D eigenvalue weighted by Gasteiger charge is -2.15. The van der Waals surface area contributed by atoms with Crippen molar-refractivity contribution in [1.82, 2.24) is 10.9 Å². The maximum atomic E-state index is 12.3. The summed E-state index contributed by atoms with van der Waals surface area (Å²) in [5.41, 5.74) is 5.98. The molecule has 1 aliphatic heterocycles. The fourth-order valence-electron chi connectivity index (χ4n) is 2.56. The summed E-state index contributed by atoms with van der Waals surface area (Å²) in [6.07, 6.45) is 2.46. The molecule has 2 rings (SSSR count). The van der Waals surface area contributed by atoms with Crippen molar-refractivity contribution in [3.8, 4) is 17.2 Å². The summed E-state index contributed by atoms with van der Waals surface area (Å²) in [6.45, 7) is 2.62. The third-order valence-electron chi connectivity index (χ3n) is 3.78. The Morgan fingerprint density at radius 2 is 1.83 bits per heavy atom. The maximum absolute atomic E-state index is 12.3. The second kappa shape index (κ2) is 8.03. The zero-order valence-electron chi connectivity index (χ0n) is 14.0. The minimum atomic E-state index is -0.282. The first-order chi connectivity index (χ1) is 11.1. The molecule has 7 nitrogen and oxygen atoms in total. The first-order valence-electron chi connectivity index (χ1n) is 7.57. The van der Waals surface area contributed by atoms with E-state index in [0.29, 0.717) is 29.4 Å². The second-order valence-electron chi connectivity index (χ2n) is 5.40. The number of ether oxygens (including phenoxy) is 4. The lowest BCUT2D eigenvalue weighted by Crippen LogP contribution is -2.41. The molecule has 1 heterocycles. The number of hydrogen-bond donors (Lipinski definition) is 2. The van der Waals surface area contributed by atoms with Gasteiger partial charge in [0, 0.05) is 12.1 Å². The van der Waals surface area contributed by atoms with Crippen molar-refractivity contribution >= 4 is 5.91 Å². The van der Waals surface area contributed by atoms with Gasteiger partial charge in [-0.15, -0.1) is 0 Å². The summed E-state index contributed by atoms with van der Waals surface area (Å²) < 4.78 is 21.4. The van der Waals surface area contributed by atoms with Crippen LogP contribution in [0.3, 0.4) is 0 Å². The van der Waals surface area contributed by atoms with Crippen molar-refractivity contribution < 1.29 is 23.7 Å². The van der Waals surface area contributed by atoms with Gasteiger partial charge in [0.05, 0.1) is 33.5 Å². The third-order valence-corrected chi connectivity index (χ3v) is 3.78. The molecule has 0 spiro atoms. The molecule has 1 aliphatic rings. The van der Waals surface area contributed by atoms with Crippen LogP contribution in [0.15, 0.2) is 12.1 Å². The van der Waals surface area contributed by atoms with Gasteiger partial charge < -0.3 is 18.9 Å². The van der Waals surface area contributed by atoms with Crippen LogP contribution in [0.25, 0.3) is 0 Å². The molecule has 0 saturated carbocycles. The number of rotatable bonds is 7. The van der Waals surface area contributed by atoms with E-state index >= 15 is 0 Å². The highest BCUT2D eigenvalue weighted by Crippen LogP contribution is 2.38. The molecular formula is C16H24N2O5. The molecule has 1 fully saturated rings. The minimum absolute atomic E-state index is 0.130. The van der Waals surface area contributed by atoms with E-state index in [-0.39, 0.29) is 18.1 Å². The van der Waals surface area contributed by atoms with Gasteiger partial charge in [0.2, 0.25) is 5.75 Å². The molecule has 0 bridgehead atoms. The summed E-state index contributed by atoms with van der Waals surface area (Å²) in [6, 6.07) is 3.21. The number of nitrogens with one attached hydrogen (secondary N) is 2. The molecule has 1 aromatic carbocycles. The summed E-state index contributed by atoms with van der Waals surface area (Å²) in [5.74, 6) is 1.04. The van der Waals surface area contributed by atoms with Crippen molar-refractivity contribution in [2.45, 2.75) is 32.0 Å². The maximum Gasteiger partial charge on any atom is 0.265 e. The predicted molar refractivity (Wildman–Crippen MR) is 85.1 cm³/mol. The Morgan fingerprint density at radius 3 is 2.30 bits per heavy atom. The van der Waals surface area contributed by atoms with Gasteiger partial charge in [0.15, 0.2) is 11.5 Å². The van der Waals surface area contributed by atoms with Crippen LogP contribution in [0, 0.1) is 0 Å². The fourth-order valence-corrected chi connectivity index (χ4v) is 2.56. The average Bonchev–Trinajstić information content (AvgIpc) is 2.98. The zero-order valence-corrected chi connectivity index (χ0v) is 14.0. The molecule has 7 heteroatoms. The van der Waals surface area contributed by atoms with Gasteiger partial charge in [0.1, 0.15) is 0 Å². The molecule has 0 aromatic heterocycles. The normalized spacial score (nSPS) is 20.2. The topological polar surface area (TPSA) is 78.1 Å². The van der Waals surface area contributed by atoms with E-state index in [2.05, 4.69) is 17.8 Å². The SMILES string of the molecule is COc1cc(C(=O)NNCC2CCC(C)O2)cc(OC)c1OC. The van der Waals surface area contributed by atoms with E-state index in [9.17, 15) is 4.79 Å². The van der Waals surface area contributed by atoms with E-state index in [4.69, 9.17) is 18.9 Å². The molecule has 23 heavy (non-hydrogen) atoms. The minimum Gasteiger partial charge on any atom is -0.493 e. The Kier molecular flexibility index (Phi) is 6.06. The lowest BCUT2D eigenvalue weighted by molar-refractivity contribution is 0.0531. The number of methoxy groups -OCH3 is 3. The fraction of sp³-hybridized carbons (Fsp3) is 0.562. The van der Waals surface area contributed by atoms with E-state index < -0.39 is 0 Å². The quantitative estimate of drug-likeness (QED) is 0.741. The van der Waals surface area contributed by atoms with Gasteiger partial charge in [-0.2, -0.15) is 0 Å². The molecule has 2 atom stereocenters. The summed E-state index contributed by atoms with van der Waals surface area (Å²) in [7, 11) is 4.54. The lowest BCUT2D eigenvalue weighted by atomic mass is 10.1. The number of carbonyl (C=O) groups is 1. The molecule has 2 unspecified atom stereocenters. The van der Waals surface area contributed by atoms with Gasteiger partial charge in [0.25, 0.3) is 5.91 Å². The third kappa shape index (κ3) is 4.27. The number of carbonyl (C=O) groups excluding carboxylic acids is 1. The zero-order chi connectivity index (χ0) is 16.8. The Hall–Kier alpha value is -1.99. The summed E-state index contributed by atoms with van der Waals surface area (Å²) in [4.78, 5) is 12.3. The van der Waals surface area contributed by atoms with Crippen molar-refractivity contribution in [2.24, 2.45) is 0 Å². The largest absolute Gasteiger partial charge is 0.493 e. The smallest absolute Gasteiger partial charge is 0.265 e. The highest BCUT2D eigenvalue weighted by atomic mass is 16.5. The van der Waals surface area contributed by atoms with Crippen LogP contribution in [0.5, 0.6) is 17.2 Å². The number of hydrogen-bond acceptors (Lipinski definition) is 6. The van der Waals surface area contributed by atoms with E-state index in [1.54, 1.807) is 12.1 Å². The molecule has 1 aromatic rings. The number of amides is 1. The summed E-state index contributed by atoms with van der Waals surface area (Å²) >= 11 is 0. The van der Waals surface area contributed by atoms with E-state index in [0.717, 1.165) is 12.8 Å². The van der Waals surface area contributed by atoms with E-state index in [1.807, 2.05) is 0 Å². The number of benzene rings is 1. The van der Waals surface area contributed by atoms with Crippen LogP contribution in [0.1, 0.15) is 30.1 Å². The molecule has 1 amide bonds. The van der Waals surface area contributed by atoms with Crippen molar-refractivity contribution in [3.63, 3.8) is 0 Å². The van der Waals surface area contributed by atoms with Crippen LogP contribution < -0.4 is 25.1 Å². The van der Waals surface area contributed by atoms with Crippen LogP contribution in [-0.4, -0.2) is 46.0 Å². The van der Waals surface area contributed by atoms with Gasteiger partial charge in [-0.25, -0.2) is 5.43 Å². The Morgan fingerprint density at radius 1 is 1.17 bits per heavy atom. The van der Waals surface area contributed by atoms with Gasteiger partial charge in [-0.05, 0) is 31.9 Å². The van der Waals surface area contributed by atoms with Crippen molar-refractivity contribution in [1.29, 1.82) is 0 Å². The first kappa shape index (κ1) is 17.4. The highest BCUT2D eigenvalue weighted by Gasteiger charge is 2.22. The molecule has 0 radical (unpaired) electrons. The molecule has 128 valence electrons. The second-order valence-corrected chi connectivity index (χ2v) is 5.40. The Labute approximate surface area is 136 Å². The van der Waals surface area contributed by atoms with Crippen LogP contribution in [0.2, 0.25) is 0 Å². The van der Waals surface area contributed by atoms with Gasteiger partial charge >= 0.3 is 0 Å². The average molecular weight is 324 g/mol. The van der Waals surface area contributed by atoms with Gasteiger partial charge in [-0.1, -0.05) is 0 Å². The predicted octanol–water partition coefficient (Wildman–Crippen LogP) is 1.51. The van der Waals surface area contributed by atoms with Crippen LogP contribution in [0.4, 0.5) is 0 Å². The molecule has 1 saturated heterocycles. The van der Waals surface area contributed by atoms with Gasteiger partial charge in [-0.3, -0.25) is 10.2 Å². The van der Waals surface area contributed by atoms with Crippen LogP contribution in [-0.2, 0) is 4.74 Å².